The second-order valence-corrected chi connectivity index (χ2v) is 4.46. The Morgan fingerprint density at radius 2 is 2.24 bits per heavy atom. The standard InChI is InChI=1S/C13H25N3O/c1-5-7-8-16(11(3)6-2)13-15-12(9-14-4)10-17-13/h10-11,14H,5-9H2,1-4H3. The molecule has 0 saturated heterocycles. The van der Waals surface area contributed by atoms with Crippen LogP contribution in [0.1, 0.15) is 45.7 Å². The molecular formula is C13H25N3O. The van der Waals surface area contributed by atoms with E-state index in [0.29, 0.717) is 6.04 Å². The second kappa shape index (κ2) is 7.33. The van der Waals surface area contributed by atoms with Crippen LogP contribution in [0.3, 0.4) is 0 Å². The van der Waals surface area contributed by atoms with Crippen molar-refractivity contribution in [1.82, 2.24) is 10.3 Å². The van der Waals surface area contributed by atoms with Crippen molar-refractivity contribution in [3.05, 3.63) is 12.0 Å². The molecule has 0 aliphatic heterocycles. The van der Waals surface area contributed by atoms with Crippen molar-refractivity contribution < 1.29 is 4.42 Å². The number of anilines is 1. The molecule has 0 spiro atoms. The molecule has 4 heteroatoms. The first kappa shape index (κ1) is 14.0. The molecule has 0 fully saturated rings. The summed E-state index contributed by atoms with van der Waals surface area (Å²) >= 11 is 0. The number of unbranched alkanes of at least 4 members (excludes halogenated alkanes) is 1. The molecule has 4 nitrogen and oxygen atoms in total. The summed E-state index contributed by atoms with van der Waals surface area (Å²) in [4.78, 5) is 6.79. The van der Waals surface area contributed by atoms with E-state index < -0.39 is 0 Å². The van der Waals surface area contributed by atoms with Crippen LogP contribution >= 0.6 is 0 Å². The summed E-state index contributed by atoms with van der Waals surface area (Å²) in [6, 6.07) is 1.24. The van der Waals surface area contributed by atoms with Gasteiger partial charge in [-0.25, -0.2) is 0 Å². The summed E-state index contributed by atoms with van der Waals surface area (Å²) in [6.07, 6.45) is 5.21. The van der Waals surface area contributed by atoms with Crippen molar-refractivity contribution in [2.45, 2.75) is 52.6 Å². The number of nitrogens with one attached hydrogen (secondary N) is 1. The molecule has 0 saturated carbocycles. The molecule has 0 aliphatic carbocycles. The van der Waals surface area contributed by atoms with Crippen LogP contribution in [0.2, 0.25) is 0 Å². The largest absolute Gasteiger partial charge is 0.432 e. The smallest absolute Gasteiger partial charge is 0.297 e. The quantitative estimate of drug-likeness (QED) is 0.757. The van der Waals surface area contributed by atoms with Gasteiger partial charge in [0.25, 0.3) is 6.01 Å². The number of hydrogen-bond donors (Lipinski definition) is 1. The summed E-state index contributed by atoms with van der Waals surface area (Å²) in [7, 11) is 1.91. The molecule has 0 bridgehead atoms. The van der Waals surface area contributed by atoms with E-state index in [0.717, 1.165) is 31.2 Å². The number of nitrogens with zero attached hydrogens (tertiary/aromatic N) is 2. The normalized spacial score (nSPS) is 12.7. The predicted octanol–water partition coefficient (Wildman–Crippen LogP) is 2.80. The highest BCUT2D eigenvalue weighted by Gasteiger charge is 2.17. The van der Waals surface area contributed by atoms with E-state index in [2.05, 4.69) is 36.0 Å². The van der Waals surface area contributed by atoms with Crippen molar-refractivity contribution in [3.63, 3.8) is 0 Å². The third-order valence-corrected chi connectivity index (χ3v) is 3.02. The lowest BCUT2D eigenvalue weighted by molar-refractivity contribution is 0.489. The monoisotopic (exact) mass is 239 g/mol. The minimum absolute atomic E-state index is 0.475. The summed E-state index contributed by atoms with van der Waals surface area (Å²) in [5, 5.41) is 3.08. The minimum atomic E-state index is 0.475. The van der Waals surface area contributed by atoms with Crippen molar-refractivity contribution in [1.29, 1.82) is 0 Å². The number of rotatable bonds is 8. The Hall–Kier alpha value is -1.03. The van der Waals surface area contributed by atoms with Crippen LogP contribution in [0.5, 0.6) is 0 Å². The van der Waals surface area contributed by atoms with E-state index >= 15 is 0 Å². The van der Waals surface area contributed by atoms with Gasteiger partial charge in [-0.2, -0.15) is 4.98 Å². The second-order valence-electron chi connectivity index (χ2n) is 4.46. The van der Waals surface area contributed by atoms with Gasteiger partial charge in [0.05, 0.1) is 5.69 Å². The molecule has 17 heavy (non-hydrogen) atoms. The van der Waals surface area contributed by atoms with Crippen LogP contribution in [0.15, 0.2) is 10.7 Å². The molecule has 0 aromatic carbocycles. The van der Waals surface area contributed by atoms with E-state index in [-0.39, 0.29) is 0 Å². The molecule has 1 atom stereocenters. The van der Waals surface area contributed by atoms with Gasteiger partial charge in [-0.3, -0.25) is 0 Å². The third kappa shape index (κ3) is 4.04. The molecule has 98 valence electrons. The zero-order valence-corrected chi connectivity index (χ0v) is 11.5. The molecule has 0 aliphatic rings. The molecule has 1 aromatic heterocycles. The van der Waals surface area contributed by atoms with E-state index in [1.807, 2.05) is 7.05 Å². The van der Waals surface area contributed by atoms with Crippen LogP contribution in [0.4, 0.5) is 6.01 Å². The summed E-state index contributed by atoms with van der Waals surface area (Å²) < 4.78 is 5.57. The zero-order chi connectivity index (χ0) is 12.7. The van der Waals surface area contributed by atoms with Crippen LogP contribution in [-0.2, 0) is 6.54 Å². The molecule has 1 rings (SSSR count). The molecule has 1 N–H and O–H groups in total. The highest BCUT2D eigenvalue weighted by Crippen LogP contribution is 2.18. The molecular weight excluding hydrogens is 214 g/mol. The van der Waals surface area contributed by atoms with Crippen LogP contribution in [-0.4, -0.2) is 24.6 Å². The van der Waals surface area contributed by atoms with Gasteiger partial charge in [0.2, 0.25) is 0 Å². The Labute approximate surface area is 104 Å². The maximum absolute atomic E-state index is 5.57. The van der Waals surface area contributed by atoms with Crippen molar-refractivity contribution in [3.8, 4) is 0 Å². The Morgan fingerprint density at radius 1 is 1.47 bits per heavy atom. The van der Waals surface area contributed by atoms with Crippen molar-refractivity contribution in [2.75, 3.05) is 18.5 Å². The molecule has 1 aromatic rings. The van der Waals surface area contributed by atoms with Gasteiger partial charge in [-0.1, -0.05) is 20.3 Å². The maximum atomic E-state index is 5.57. The molecule has 1 heterocycles. The molecule has 0 radical (unpaired) electrons. The molecule has 0 amide bonds. The number of aromatic nitrogens is 1. The lowest BCUT2D eigenvalue weighted by Crippen LogP contribution is -2.33. The van der Waals surface area contributed by atoms with Crippen LogP contribution in [0.25, 0.3) is 0 Å². The van der Waals surface area contributed by atoms with Gasteiger partial charge in [-0.05, 0) is 26.8 Å². The maximum Gasteiger partial charge on any atom is 0.297 e. The average Bonchev–Trinajstić information content (AvgIpc) is 2.78. The first-order valence-corrected chi connectivity index (χ1v) is 6.58. The lowest BCUT2D eigenvalue weighted by Gasteiger charge is -2.26. The van der Waals surface area contributed by atoms with Crippen LogP contribution < -0.4 is 10.2 Å². The van der Waals surface area contributed by atoms with E-state index in [9.17, 15) is 0 Å². The van der Waals surface area contributed by atoms with Gasteiger partial charge in [0.15, 0.2) is 0 Å². The van der Waals surface area contributed by atoms with Gasteiger partial charge in [0, 0.05) is 19.1 Å². The number of hydrogen-bond acceptors (Lipinski definition) is 4. The summed E-state index contributed by atoms with van der Waals surface area (Å²) in [6.45, 7) is 8.39. The van der Waals surface area contributed by atoms with Crippen molar-refractivity contribution >= 4 is 6.01 Å². The fraction of sp³-hybridized carbons (Fsp3) is 0.769. The highest BCUT2D eigenvalue weighted by atomic mass is 16.4. The SMILES string of the molecule is CCCCN(c1nc(CNC)co1)C(C)CC. The topological polar surface area (TPSA) is 41.3 Å². The van der Waals surface area contributed by atoms with Gasteiger partial charge in [-0.15, -0.1) is 0 Å². The number of oxazole rings is 1. The minimum Gasteiger partial charge on any atom is -0.432 e. The average molecular weight is 239 g/mol. The van der Waals surface area contributed by atoms with Crippen molar-refractivity contribution in [2.24, 2.45) is 0 Å². The Kier molecular flexibility index (Phi) is 6.05. The first-order valence-electron chi connectivity index (χ1n) is 6.58. The van der Waals surface area contributed by atoms with Crippen LogP contribution in [0, 0.1) is 0 Å². The summed E-state index contributed by atoms with van der Waals surface area (Å²) in [5.74, 6) is 0. The first-order chi connectivity index (χ1) is 8.22. The van der Waals surface area contributed by atoms with E-state index in [1.165, 1.54) is 12.8 Å². The highest BCUT2D eigenvalue weighted by molar-refractivity contribution is 5.28. The van der Waals surface area contributed by atoms with Gasteiger partial charge >= 0.3 is 0 Å². The fourth-order valence-electron chi connectivity index (χ4n) is 1.74. The fourth-order valence-corrected chi connectivity index (χ4v) is 1.74. The van der Waals surface area contributed by atoms with Gasteiger partial charge in [0.1, 0.15) is 6.26 Å². The predicted molar refractivity (Wildman–Crippen MR) is 71.3 cm³/mol. The summed E-state index contributed by atoms with van der Waals surface area (Å²) in [5.41, 5.74) is 0.965. The lowest BCUT2D eigenvalue weighted by atomic mass is 10.2. The Bertz CT molecular complexity index is 311. The zero-order valence-electron chi connectivity index (χ0n) is 11.5. The third-order valence-electron chi connectivity index (χ3n) is 3.02. The Balaban J connectivity index is 2.72. The van der Waals surface area contributed by atoms with Gasteiger partial charge < -0.3 is 14.6 Å². The molecule has 1 unspecified atom stereocenters. The van der Waals surface area contributed by atoms with E-state index in [1.54, 1.807) is 6.26 Å². The Morgan fingerprint density at radius 3 is 2.82 bits per heavy atom. The van der Waals surface area contributed by atoms with E-state index in [4.69, 9.17) is 4.42 Å².